The number of nitrogens with one attached hydrogen (secondary N) is 2. The molecule has 2 N–H and O–H groups in total. The van der Waals surface area contributed by atoms with Crippen molar-refractivity contribution in [1.82, 2.24) is 10.3 Å². The SMILES string of the molecule is O=C(CCNC(=O)c1ccc2oc(Cl)nc2c1)Nc1ccccc1. The number of benzene rings is 2. The molecule has 0 unspecified atom stereocenters. The van der Waals surface area contributed by atoms with Crippen molar-refractivity contribution in [3.05, 3.63) is 59.4 Å². The summed E-state index contributed by atoms with van der Waals surface area (Å²) in [7, 11) is 0. The Bertz CT molecular complexity index is 877. The van der Waals surface area contributed by atoms with Gasteiger partial charge in [-0.15, -0.1) is 0 Å². The van der Waals surface area contributed by atoms with Gasteiger partial charge in [-0.2, -0.15) is 4.98 Å². The first-order valence-electron chi connectivity index (χ1n) is 7.31. The van der Waals surface area contributed by atoms with E-state index in [-0.39, 0.29) is 30.1 Å². The lowest BCUT2D eigenvalue weighted by atomic mass is 10.2. The molecule has 2 amide bonds. The molecule has 0 bridgehead atoms. The highest BCUT2D eigenvalue weighted by molar-refractivity contribution is 6.28. The van der Waals surface area contributed by atoms with Gasteiger partial charge in [0.15, 0.2) is 5.58 Å². The van der Waals surface area contributed by atoms with E-state index in [1.165, 1.54) is 0 Å². The van der Waals surface area contributed by atoms with Crippen LogP contribution in [0.4, 0.5) is 5.69 Å². The molecular weight excluding hydrogens is 330 g/mol. The minimum Gasteiger partial charge on any atom is -0.428 e. The van der Waals surface area contributed by atoms with Crippen LogP contribution >= 0.6 is 11.6 Å². The molecular formula is C17H14ClN3O3. The van der Waals surface area contributed by atoms with E-state index < -0.39 is 0 Å². The normalized spacial score (nSPS) is 10.5. The van der Waals surface area contributed by atoms with Crippen molar-refractivity contribution in [2.75, 3.05) is 11.9 Å². The smallest absolute Gasteiger partial charge is 0.293 e. The number of nitrogens with zero attached hydrogens (tertiary/aromatic N) is 1. The summed E-state index contributed by atoms with van der Waals surface area (Å²) in [5.74, 6) is -0.455. The second-order valence-electron chi connectivity index (χ2n) is 5.07. The van der Waals surface area contributed by atoms with Gasteiger partial charge in [0.2, 0.25) is 5.91 Å². The molecule has 0 saturated heterocycles. The Morgan fingerprint density at radius 2 is 1.92 bits per heavy atom. The molecule has 0 aliphatic heterocycles. The fourth-order valence-corrected chi connectivity index (χ4v) is 2.35. The van der Waals surface area contributed by atoms with Crippen LogP contribution in [0.15, 0.2) is 52.9 Å². The number of hydrogen-bond donors (Lipinski definition) is 2. The predicted molar refractivity (Wildman–Crippen MR) is 91.0 cm³/mol. The largest absolute Gasteiger partial charge is 0.428 e. The van der Waals surface area contributed by atoms with Gasteiger partial charge < -0.3 is 15.1 Å². The number of anilines is 1. The molecule has 24 heavy (non-hydrogen) atoms. The number of amides is 2. The van der Waals surface area contributed by atoms with E-state index in [0.717, 1.165) is 5.69 Å². The van der Waals surface area contributed by atoms with Crippen LogP contribution in [0.2, 0.25) is 5.35 Å². The van der Waals surface area contributed by atoms with E-state index in [1.807, 2.05) is 18.2 Å². The Kier molecular flexibility index (Phi) is 4.77. The Labute approximate surface area is 142 Å². The van der Waals surface area contributed by atoms with E-state index >= 15 is 0 Å². The molecule has 0 aliphatic rings. The first-order valence-corrected chi connectivity index (χ1v) is 7.69. The third-order valence-corrected chi connectivity index (χ3v) is 3.48. The van der Waals surface area contributed by atoms with Gasteiger partial charge in [-0.1, -0.05) is 18.2 Å². The summed E-state index contributed by atoms with van der Waals surface area (Å²) in [6.07, 6.45) is 0.179. The summed E-state index contributed by atoms with van der Waals surface area (Å²) in [5, 5.41) is 5.48. The van der Waals surface area contributed by atoms with E-state index in [1.54, 1.807) is 30.3 Å². The molecule has 0 fully saturated rings. The lowest BCUT2D eigenvalue weighted by molar-refractivity contribution is -0.116. The summed E-state index contributed by atoms with van der Waals surface area (Å²) in [6, 6.07) is 14.0. The molecule has 0 saturated carbocycles. The molecule has 3 aromatic rings. The number of halogens is 1. The van der Waals surface area contributed by atoms with Crippen LogP contribution in [0.3, 0.4) is 0 Å². The molecule has 2 aromatic carbocycles. The number of carbonyl (C=O) groups is 2. The minimum absolute atomic E-state index is 0.0279. The first kappa shape index (κ1) is 16.0. The Hall–Kier alpha value is -2.86. The molecule has 6 nitrogen and oxygen atoms in total. The Balaban J connectivity index is 1.52. The fourth-order valence-electron chi connectivity index (χ4n) is 2.18. The highest BCUT2D eigenvalue weighted by atomic mass is 35.5. The highest BCUT2D eigenvalue weighted by Gasteiger charge is 2.10. The zero-order valence-corrected chi connectivity index (χ0v) is 13.3. The number of hydrogen-bond acceptors (Lipinski definition) is 4. The van der Waals surface area contributed by atoms with Gasteiger partial charge in [0.1, 0.15) is 5.52 Å². The zero-order valence-electron chi connectivity index (χ0n) is 12.6. The van der Waals surface area contributed by atoms with E-state index in [4.69, 9.17) is 16.0 Å². The molecule has 0 atom stereocenters. The zero-order chi connectivity index (χ0) is 16.9. The third kappa shape index (κ3) is 3.91. The average Bonchev–Trinajstić information content (AvgIpc) is 2.94. The van der Waals surface area contributed by atoms with E-state index in [0.29, 0.717) is 16.7 Å². The molecule has 1 aromatic heterocycles. The van der Waals surface area contributed by atoms with Crippen molar-refractivity contribution >= 4 is 40.2 Å². The summed E-state index contributed by atoms with van der Waals surface area (Å²) >= 11 is 5.68. The maximum Gasteiger partial charge on any atom is 0.293 e. The van der Waals surface area contributed by atoms with Crippen molar-refractivity contribution in [2.45, 2.75) is 6.42 Å². The molecule has 0 aliphatic carbocycles. The maximum absolute atomic E-state index is 12.1. The van der Waals surface area contributed by atoms with Crippen LogP contribution in [0.1, 0.15) is 16.8 Å². The number of fused-ring (bicyclic) bond motifs is 1. The summed E-state index contributed by atoms with van der Waals surface area (Å²) in [5.41, 5.74) is 2.17. The van der Waals surface area contributed by atoms with Crippen molar-refractivity contribution in [1.29, 1.82) is 0 Å². The monoisotopic (exact) mass is 343 g/mol. The lowest BCUT2D eigenvalue weighted by Crippen LogP contribution is -2.27. The van der Waals surface area contributed by atoms with Crippen molar-refractivity contribution in [2.24, 2.45) is 0 Å². The van der Waals surface area contributed by atoms with Gasteiger partial charge in [-0.25, -0.2) is 0 Å². The lowest BCUT2D eigenvalue weighted by Gasteiger charge is -2.06. The Morgan fingerprint density at radius 1 is 1.12 bits per heavy atom. The quantitative estimate of drug-likeness (QED) is 0.744. The molecule has 0 spiro atoms. The molecule has 3 rings (SSSR count). The van der Waals surface area contributed by atoms with Crippen LogP contribution in [-0.4, -0.2) is 23.3 Å². The first-order chi connectivity index (χ1) is 11.6. The van der Waals surface area contributed by atoms with Crippen molar-refractivity contribution in [3.63, 3.8) is 0 Å². The van der Waals surface area contributed by atoms with Gasteiger partial charge in [-0.05, 0) is 41.9 Å². The summed E-state index contributed by atoms with van der Waals surface area (Å²) in [4.78, 5) is 27.9. The molecule has 1 heterocycles. The molecule has 0 radical (unpaired) electrons. The number of rotatable bonds is 5. The second-order valence-corrected chi connectivity index (χ2v) is 5.39. The van der Waals surface area contributed by atoms with Gasteiger partial charge in [-0.3, -0.25) is 9.59 Å². The van der Waals surface area contributed by atoms with Crippen LogP contribution in [0.5, 0.6) is 0 Å². The average molecular weight is 344 g/mol. The van der Waals surface area contributed by atoms with Crippen LogP contribution in [0, 0.1) is 0 Å². The number of oxazole rings is 1. The predicted octanol–water partition coefficient (Wildman–Crippen LogP) is 3.24. The topological polar surface area (TPSA) is 84.2 Å². The van der Waals surface area contributed by atoms with Gasteiger partial charge >= 0.3 is 0 Å². The number of carbonyl (C=O) groups excluding carboxylic acids is 2. The maximum atomic E-state index is 12.1. The highest BCUT2D eigenvalue weighted by Crippen LogP contribution is 2.19. The van der Waals surface area contributed by atoms with E-state index in [2.05, 4.69) is 15.6 Å². The Morgan fingerprint density at radius 3 is 2.71 bits per heavy atom. The minimum atomic E-state index is -0.288. The van der Waals surface area contributed by atoms with Crippen LogP contribution < -0.4 is 10.6 Å². The number of aromatic nitrogens is 1. The number of para-hydroxylation sites is 1. The van der Waals surface area contributed by atoms with Gasteiger partial charge in [0.25, 0.3) is 11.3 Å². The van der Waals surface area contributed by atoms with Crippen LogP contribution in [-0.2, 0) is 4.79 Å². The van der Waals surface area contributed by atoms with Gasteiger partial charge in [0.05, 0.1) is 0 Å². The summed E-state index contributed by atoms with van der Waals surface area (Å²) < 4.78 is 5.14. The standard InChI is InChI=1S/C17H14ClN3O3/c18-17-21-13-10-11(6-7-14(13)24-17)16(23)19-9-8-15(22)20-12-4-2-1-3-5-12/h1-7,10H,8-9H2,(H,19,23)(H,20,22). The molecule has 122 valence electrons. The fraction of sp³-hybridized carbons (Fsp3) is 0.118. The van der Waals surface area contributed by atoms with Crippen molar-refractivity contribution < 1.29 is 14.0 Å². The third-order valence-electron chi connectivity index (χ3n) is 3.32. The van der Waals surface area contributed by atoms with Gasteiger partial charge in [0, 0.05) is 24.2 Å². The molecule has 7 heteroatoms. The van der Waals surface area contributed by atoms with Crippen molar-refractivity contribution in [3.8, 4) is 0 Å². The van der Waals surface area contributed by atoms with E-state index in [9.17, 15) is 9.59 Å². The second kappa shape index (κ2) is 7.14. The van der Waals surface area contributed by atoms with Crippen LogP contribution in [0.25, 0.3) is 11.1 Å². The summed E-state index contributed by atoms with van der Waals surface area (Å²) in [6.45, 7) is 0.231.